The van der Waals surface area contributed by atoms with Crippen molar-refractivity contribution in [3.8, 4) is 0 Å². The van der Waals surface area contributed by atoms with Crippen molar-refractivity contribution in [2.24, 2.45) is 0 Å². The number of rotatable bonds is 5. The SMILES string of the molecule is C=C(C)C(=O)OC(C)OC=CC=CC. The Morgan fingerprint density at radius 2 is 2.07 bits per heavy atom. The predicted octanol–water partition coefficient (Wildman–Crippen LogP) is 2.56. The van der Waals surface area contributed by atoms with Crippen LogP contribution in [-0.4, -0.2) is 12.3 Å². The molecule has 0 aliphatic rings. The van der Waals surface area contributed by atoms with E-state index in [-0.39, 0.29) is 0 Å². The largest absolute Gasteiger partial charge is 0.463 e. The number of esters is 1. The zero-order chi connectivity index (χ0) is 11.0. The summed E-state index contributed by atoms with van der Waals surface area (Å²) in [6, 6.07) is 0. The summed E-state index contributed by atoms with van der Waals surface area (Å²) in [5.41, 5.74) is 0.359. The summed E-state index contributed by atoms with van der Waals surface area (Å²) in [6.45, 7) is 8.58. The molecule has 3 nitrogen and oxygen atoms in total. The number of allylic oxidation sites excluding steroid dienone is 3. The van der Waals surface area contributed by atoms with Crippen LogP contribution >= 0.6 is 0 Å². The second-order valence-corrected chi connectivity index (χ2v) is 2.74. The maximum absolute atomic E-state index is 11.0. The van der Waals surface area contributed by atoms with Crippen LogP contribution in [0.1, 0.15) is 20.8 Å². The van der Waals surface area contributed by atoms with Gasteiger partial charge in [-0.3, -0.25) is 0 Å². The van der Waals surface area contributed by atoms with Crippen LogP contribution in [0.4, 0.5) is 0 Å². The summed E-state index contributed by atoms with van der Waals surface area (Å²) in [5, 5.41) is 0. The van der Waals surface area contributed by atoms with Gasteiger partial charge in [-0.2, -0.15) is 0 Å². The fourth-order valence-corrected chi connectivity index (χ4v) is 0.592. The Morgan fingerprint density at radius 1 is 1.43 bits per heavy atom. The van der Waals surface area contributed by atoms with E-state index in [9.17, 15) is 4.79 Å². The minimum absolute atomic E-state index is 0.359. The van der Waals surface area contributed by atoms with Crippen molar-refractivity contribution < 1.29 is 14.3 Å². The summed E-state index contributed by atoms with van der Waals surface area (Å²) < 4.78 is 9.90. The highest BCUT2D eigenvalue weighted by Gasteiger charge is 2.08. The monoisotopic (exact) mass is 196 g/mol. The van der Waals surface area contributed by atoms with Gasteiger partial charge in [-0.25, -0.2) is 4.79 Å². The van der Waals surface area contributed by atoms with E-state index < -0.39 is 12.3 Å². The molecule has 0 saturated heterocycles. The number of hydrogen-bond acceptors (Lipinski definition) is 3. The van der Waals surface area contributed by atoms with Gasteiger partial charge in [0.1, 0.15) is 0 Å². The minimum Gasteiger partial charge on any atom is -0.463 e. The molecule has 0 bridgehead atoms. The molecule has 0 fully saturated rings. The fourth-order valence-electron chi connectivity index (χ4n) is 0.592. The molecule has 0 spiro atoms. The molecule has 3 heteroatoms. The molecule has 1 unspecified atom stereocenters. The first-order valence-corrected chi connectivity index (χ1v) is 4.37. The van der Waals surface area contributed by atoms with Gasteiger partial charge in [0.15, 0.2) is 0 Å². The van der Waals surface area contributed by atoms with Crippen molar-refractivity contribution in [3.05, 3.63) is 36.6 Å². The van der Waals surface area contributed by atoms with E-state index >= 15 is 0 Å². The Morgan fingerprint density at radius 3 is 2.57 bits per heavy atom. The van der Waals surface area contributed by atoms with Gasteiger partial charge in [0, 0.05) is 12.5 Å². The Bertz CT molecular complexity index is 251. The first-order valence-electron chi connectivity index (χ1n) is 4.37. The molecule has 0 aliphatic heterocycles. The fraction of sp³-hybridized carbons (Fsp3) is 0.364. The van der Waals surface area contributed by atoms with Crippen molar-refractivity contribution in [3.63, 3.8) is 0 Å². The third kappa shape index (κ3) is 6.06. The van der Waals surface area contributed by atoms with Gasteiger partial charge in [-0.1, -0.05) is 18.7 Å². The molecule has 0 aliphatic carbocycles. The summed E-state index contributed by atoms with van der Waals surface area (Å²) >= 11 is 0. The van der Waals surface area contributed by atoms with Crippen molar-refractivity contribution >= 4 is 5.97 Å². The molecule has 0 aromatic carbocycles. The molecule has 0 N–H and O–H groups in total. The molecular weight excluding hydrogens is 180 g/mol. The van der Waals surface area contributed by atoms with E-state index in [0.717, 1.165) is 0 Å². The normalized spacial score (nSPS) is 13.1. The highest BCUT2D eigenvalue weighted by atomic mass is 16.7. The Labute approximate surface area is 84.7 Å². The van der Waals surface area contributed by atoms with Gasteiger partial charge >= 0.3 is 5.97 Å². The molecule has 14 heavy (non-hydrogen) atoms. The van der Waals surface area contributed by atoms with Crippen LogP contribution in [0.3, 0.4) is 0 Å². The second kappa shape index (κ2) is 6.95. The van der Waals surface area contributed by atoms with Crippen LogP contribution in [-0.2, 0) is 14.3 Å². The second-order valence-electron chi connectivity index (χ2n) is 2.74. The lowest BCUT2D eigenvalue weighted by Gasteiger charge is -2.11. The Kier molecular flexibility index (Phi) is 6.20. The topological polar surface area (TPSA) is 35.5 Å². The number of carbonyl (C=O) groups is 1. The molecule has 0 aromatic heterocycles. The predicted molar refractivity (Wildman–Crippen MR) is 55.4 cm³/mol. The molecule has 0 rings (SSSR count). The first-order chi connectivity index (χ1) is 6.57. The summed E-state index contributed by atoms with van der Waals surface area (Å²) in [4.78, 5) is 11.0. The standard InChI is InChI=1S/C11H16O3/c1-5-6-7-8-13-10(4)14-11(12)9(2)3/h5-8,10H,2H2,1,3-4H3. The smallest absolute Gasteiger partial charge is 0.336 e. The lowest BCUT2D eigenvalue weighted by molar-refractivity contribution is -0.160. The van der Waals surface area contributed by atoms with Gasteiger partial charge in [0.05, 0.1) is 6.26 Å². The maximum Gasteiger partial charge on any atom is 0.336 e. The summed E-state index contributed by atoms with van der Waals surface area (Å²) in [7, 11) is 0. The number of hydrogen-bond donors (Lipinski definition) is 0. The van der Waals surface area contributed by atoms with Gasteiger partial charge < -0.3 is 9.47 Å². The zero-order valence-corrected chi connectivity index (χ0v) is 8.82. The zero-order valence-electron chi connectivity index (χ0n) is 8.82. The van der Waals surface area contributed by atoms with E-state index in [1.165, 1.54) is 6.26 Å². The lowest BCUT2D eigenvalue weighted by atomic mass is 10.4. The van der Waals surface area contributed by atoms with Crippen LogP contribution in [0.5, 0.6) is 0 Å². The van der Waals surface area contributed by atoms with Crippen LogP contribution in [0, 0.1) is 0 Å². The van der Waals surface area contributed by atoms with Gasteiger partial charge in [0.2, 0.25) is 6.29 Å². The summed E-state index contributed by atoms with van der Waals surface area (Å²) in [5.74, 6) is -0.447. The molecule has 0 amide bonds. The lowest BCUT2D eigenvalue weighted by Crippen LogP contribution is -2.16. The molecule has 1 atom stereocenters. The Hall–Kier alpha value is -1.51. The average Bonchev–Trinajstić information content (AvgIpc) is 2.12. The van der Waals surface area contributed by atoms with Crippen LogP contribution in [0.15, 0.2) is 36.6 Å². The van der Waals surface area contributed by atoms with E-state index in [2.05, 4.69) is 6.58 Å². The average molecular weight is 196 g/mol. The van der Waals surface area contributed by atoms with Gasteiger partial charge in [-0.15, -0.1) is 0 Å². The maximum atomic E-state index is 11.0. The summed E-state index contributed by atoms with van der Waals surface area (Å²) in [6.07, 6.45) is 6.26. The number of ether oxygens (including phenoxy) is 2. The highest BCUT2D eigenvalue weighted by Crippen LogP contribution is 2.00. The minimum atomic E-state index is -0.597. The van der Waals surface area contributed by atoms with E-state index in [0.29, 0.717) is 5.57 Å². The Balaban J connectivity index is 3.81. The molecule has 0 radical (unpaired) electrons. The molecule has 0 saturated carbocycles. The quantitative estimate of drug-likeness (QED) is 0.223. The van der Waals surface area contributed by atoms with Crippen LogP contribution < -0.4 is 0 Å². The van der Waals surface area contributed by atoms with E-state index in [4.69, 9.17) is 9.47 Å². The third-order valence-corrected chi connectivity index (χ3v) is 1.27. The third-order valence-electron chi connectivity index (χ3n) is 1.27. The first kappa shape index (κ1) is 12.5. The van der Waals surface area contributed by atoms with Gasteiger partial charge in [-0.05, 0) is 19.9 Å². The van der Waals surface area contributed by atoms with E-state index in [1.807, 2.05) is 19.1 Å². The van der Waals surface area contributed by atoms with Crippen LogP contribution in [0.25, 0.3) is 0 Å². The van der Waals surface area contributed by atoms with Gasteiger partial charge in [0.25, 0.3) is 0 Å². The van der Waals surface area contributed by atoms with Crippen LogP contribution in [0.2, 0.25) is 0 Å². The van der Waals surface area contributed by atoms with Crippen molar-refractivity contribution in [1.29, 1.82) is 0 Å². The highest BCUT2D eigenvalue weighted by molar-refractivity contribution is 5.86. The molecule has 0 heterocycles. The van der Waals surface area contributed by atoms with Crippen molar-refractivity contribution in [2.45, 2.75) is 27.1 Å². The van der Waals surface area contributed by atoms with Crippen molar-refractivity contribution in [1.82, 2.24) is 0 Å². The number of carbonyl (C=O) groups excluding carboxylic acids is 1. The molecular formula is C11H16O3. The van der Waals surface area contributed by atoms with Crippen molar-refractivity contribution in [2.75, 3.05) is 0 Å². The molecule has 0 aromatic rings. The van der Waals surface area contributed by atoms with E-state index in [1.54, 1.807) is 19.9 Å². The molecule has 78 valence electrons.